The van der Waals surface area contributed by atoms with Gasteiger partial charge in [0.25, 0.3) is 0 Å². The highest BCUT2D eigenvalue weighted by atomic mass is 16.4. The lowest BCUT2D eigenvalue weighted by Crippen LogP contribution is -2.46. The van der Waals surface area contributed by atoms with Crippen molar-refractivity contribution < 1.29 is 14.7 Å². The molecule has 0 radical (unpaired) electrons. The van der Waals surface area contributed by atoms with Gasteiger partial charge in [-0.3, -0.25) is 14.3 Å². The van der Waals surface area contributed by atoms with Crippen molar-refractivity contribution in [3.63, 3.8) is 0 Å². The van der Waals surface area contributed by atoms with E-state index in [1.807, 2.05) is 0 Å². The van der Waals surface area contributed by atoms with Crippen molar-refractivity contribution in [2.75, 3.05) is 6.54 Å². The summed E-state index contributed by atoms with van der Waals surface area (Å²) in [6, 6.07) is -0.870. The maximum atomic E-state index is 12.5. The zero-order valence-corrected chi connectivity index (χ0v) is 11.5. The molecule has 1 unspecified atom stereocenters. The number of rotatable bonds is 5. The normalized spacial score (nSPS) is 17.1. The minimum Gasteiger partial charge on any atom is -0.480 e. The van der Waals surface area contributed by atoms with Gasteiger partial charge in [-0.1, -0.05) is 12.8 Å². The highest BCUT2D eigenvalue weighted by Gasteiger charge is 2.32. The van der Waals surface area contributed by atoms with Gasteiger partial charge in [0, 0.05) is 24.8 Å². The molecule has 1 aromatic heterocycles. The van der Waals surface area contributed by atoms with E-state index in [0.717, 1.165) is 25.7 Å². The number of hydrogen-bond acceptors (Lipinski definition) is 4. The van der Waals surface area contributed by atoms with Crippen LogP contribution in [0.15, 0.2) is 12.4 Å². The number of aryl methyl sites for hydroxylation is 1. The van der Waals surface area contributed by atoms with Crippen molar-refractivity contribution in [3.05, 3.63) is 18.0 Å². The summed E-state index contributed by atoms with van der Waals surface area (Å²) in [6.07, 6.45) is 6.95. The third-order valence-electron chi connectivity index (χ3n) is 3.70. The van der Waals surface area contributed by atoms with E-state index < -0.39 is 12.0 Å². The molecule has 2 rings (SSSR count). The number of carbonyl (C=O) groups is 2. The Labute approximate surface area is 117 Å². The van der Waals surface area contributed by atoms with Gasteiger partial charge < -0.3 is 15.7 Å². The van der Waals surface area contributed by atoms with Gasteiger partial charge in [0.2, 0.25) is 5.91 Å². The van der Waals surface area contributed by atoms with Crippen LogP contribution in [-0.4, -0.2) is 44.3 Å². The maximum absolute atomic E-state index is 12.5. The van der Waals surface area contributed by atoms with Crippen molar-refractivity contribution in [2.45, 2.75) is 37.8 Å². The summed E-state index contributed by atoms with van der Waals surface area (Å²) in [5.74, 6) is -1.35. The van der Waals surface area contributed by atoms with Gasteiger partial charge >= 0.3 is 5.97 Å². The summed E-state index contributed by atoms with van der Waals surface area (Å²) in [6.45, 7) is -0.294. The summed E-state index contributed by atoms with van der Waals surface area (Å²) in [7, 11) is 1.74. The molecule has 1 atom stereocenters. The molecule has 3 N–H and O–H groups in total. The first-order chi connectivity index (χ1) is 9.49. The van der Waals surface area contributed by atoms with Crippen molar-refractivity contribution in [3.8, 4) is 0 Å². The van der Waals surface area contributed by atoms with Gasteiger partial charge in [-0.2, -0.15) is 5.10 Å². The number of aliphatic carboxylic acids is 1. The molecule has 1 aromatic rings. The number of nitrogens with two attached hydrogens (primary N) is 1. The number of carboxylic acids is 1. The molecule has 7 heteroatoms. The second-order valence-corrected chi connectivity index (χ2v) is 5.22. The summed E-state index contributed by atoms with van der Waals surface area (Å²) < 4.78 is 1.57. The molecular weight excluding hydrogens is 260 g/mol. The Morgan fingerprint density at radius 1 is 1.55 bits per heavy atom. The van der Waals surface area contributed by atoms with Crippen molar-refractivity contribution in [2.24, 2.45) is 12.8 Å². The van der Waals surface area contributed by atoms with E-state index in [4.69, 9.17) is 10.8 Å². The molecular formula is C13H20N4O3. The maximum Gasteiger partial charge on any atom is 0.323 e. The molecule has 1 heterocycles. The lowest BCUT2D eigenvalue weighted by molar-refractivity contribution is -0.146. The number of carboxylic acid groups (broad SMARTS) is 1. The quantitative estimate of drug-likeness (QED) is 0.806. The average molecular weight is 280 g/mol. The Kier molecular flexibility index (Phi) is 4.39. The SMILES string of the molecule is Cn1cc(C(N)C(=O)N(CC(=O)O)C2CCCC2)cn1. The molecule has 1 amide bonds. The molecule has 1 fully saturated rings. The van der Waals surface area contributed by atoms with Gasteiger partial charge in [-0.25, -0.2) is 0 Å². The summed E-state index contributed by atoms with van der Waals surface area (Å²) in [5.41, 5.74) is 6.56. The molecule has 0 spiro atoms. The zero-order chi connectivity index (χ0) is 14.7. The predicted octanol–water partition coefficient (Wildman–Crippen LogP) is 0.276. The standard InChI is InChI=1S/C13H20N4O3/c1-16-7-9(6-15-16)12(14)13(20)17(8-11(18)19)10-4-2-3-5-10/h6-7,10,12H,2-5,8,14H2,1H3,(H,18,19). The van der Waals surface area contributed by atoms with Crippen LogP contribution < -0.4 is 5.73 Å². The molecule has 20 heavy (non-hydrogen) atoms. The highest BCUT2D eigenvalue weighted by Crippen LogP contribution is 2.25. The lowest BCUT2D eigenvalue weighted by Gasteiger charge is -2.29. The van der Waals surface area contributed by atoms with Crippen LogP contribution in [0.4, 0.5) is 0 Å². The average Bonchev–Trinajstić information content (AvgIpc) is 3.05. The molecule has 0 aromatic carbocycles. The van der Waals surface area contributed by atoms with E-state index >= 15 is 0 Å². The van der Waals surface area contributed by atoms with Crippen LogP contribution in [0.1, 0.15) is 37.3 Å². The van der Waals surface area contributed by atoms with Crippen molar-refractivity contribution in [1.29, 1.82) is 0 Å². The first kappa shape index (κ1) is 14.5. The lowest BCUT2D eigenvalue weighted by atomic mass is 10.1. The van der Waals surface area contributed by atoms with Gasteiger partial charge in [0.05, 0.1) is 6.20 Å². The Balaban J connectivity index is 2.14. The second-order valence-electron chi connectivity index (χ2n) is 5.22. The van der Waals surface area contributed by atoms with Crippen LogP contribution in [0.3, 0.4) is 0 Å². The summed E-state index contributed by atoms with van der Waals surface area (Å²) in [4.78, 5) is 24.9. The third-order valence-corrected chi connectivity index (χ3v) is 3.70. The van der Waals surface area contributed by atoms with E-state index in [2.05, 4.69) is 5.10 Å². The van der Waals surface area contributed by atoms with Crippen LogP contribution in [0.25, 0.3) is 0 Å². The largest absolute Gasteiger partial charge is 0.480 e. The summed E-state index contributed by atoms with van der Waals surface area (Å²) in [5, 5.41) is 13.0. The highest BCUT2D eigenvalue weighted by molar-refractivity contribution is 5.86. The third kappa shape index (κ3) is 3.16. The first-order valence-corrected chi connectivity index (χ1v) is 6.75. The smallest absolute Gasteiger partial charge is 0.323 e. The molecule has 0 aliphatic heterocycles. The zero-order valence-electron chi connectivity index (χ0n) is 11.5. The van der Waals surface area contributed by atoms with Crippen LogP contribution in [0.2, 0.25) is 0 Å². The number of aromatic nitrogens is 2. The Morgan fingerprint density at radius 3 is 2.70 bits per heavy atom. The number of amides is 1. The Bertz CT molecular complexity index is 494. The fraction of sp³-hybridized carbons (Fsp3) is 0.615. The van der Waals surface area contributed by atoms with E-state index in [0.29, 0.717) is 5.56 Å². The predicted molar refractivity (Wildman–Crippen MR) is 71.7 cm³/mol. The second kappa shape index (κ2) is 6.04. The summed E-state index contributed by atoms with van der Waals surface area (Å²) >= 11 is 0. The topological polar surface area (TPSA) is 101 Å². The number of hydrogen-bond donors (Lipinski definition) is 2. The monoisotopic (exact) mass is 280 g/mol. The fourth-order valence-electron chi connectivity index (χ4n) is 2.67. The minimum atomic E-state index is -1.01. The van der Waals surface area contributed by atoms with Crippen LogP contribution in [-0.2, 0) is 16.6 Å². The van der Waals surface area contributed by atoms with Gasteiger partial charge in [0.1, 0.15) is 12.6 Å². The van der Waals surface area contributed by atoms with E-state index in [1.165, 1.54) is 11.1 Å². The van der Waals surface area contributed by atoms with Crippen molar-refractivity contribution in [1.82, 2.24) is 14.7 Å². The molecule has 1 aliphatic rings. The molecule has 1 aliphatic carbocycles. The molecule has 0 bridgehead atoms. The van der Waals surface area contributed by atoms with Crippen LogP contribution >= 0.6 is 0 Å². The molecule has 0 saturated heterocycles. The van der Waals surface area contributed by atoms with E-state index in [-0.39, 0.29) is 18.5 Å². The Morgan fingerprint density at radius 2 is 2.20 bits per heavy atom. The van der Waals surface area contributed by atoms with Crippen LogP contribution in [0, 0.1) is 0 Å². The molecule has 7 nitrogen and oxygen atoms in total. The van der Waals surface area contributed by atoms with E-state index in [9.17, 15) is 9.59 Å². The minimum absolute atomic E-state index is 0.0127. The van der Waals surface area contributed by atoms with Gasteiger partial charge in [-0.05, 0) is 12.8 Å². The van der Waals surface area contributed by atoms with Crippen LogP contribution in [0.5, 0.6) is 0 Å². The molecule has 1 saturated carbocycles. The van der Waals surface area contributed by atoms with Gasteiger partial charge in [0.15, 0.2) is 0 Å². The van der Waals surface area contributed by atoms with Crippen molar-refractivity contribution >= 4 is 11.9 Å². The number of nitrogens with zero attached hydrogens (tertiary/aromatic N) is 3. The van der Waals surface area contributed by atoms with E-state index in [1.54, 1.807) is 17.9 Å². The Hall–Kier alpha value is -1.89. The first-order valence-electron chi connectivity index (χ1n) is 6.75. The van der Waals surface area contributed by atoms with Gasteiger partial charge in [-0.15, -0.1) is 0 Å². The number of carbonyl (C=O) groups excluding carboxylic acids is 1. The fourth-order valence-corrected chi connectivity index (χ4v) is 2.67. The molecule has 110 valence electrons.